The molecule has 0 saturated carbocycles. The van der Waals surface area contributed by atoms with E-state index in [1.54, 1.807) is 50.2 Å². The van der Waals surface area contributed by atoms with Crippen molar-refractivity contribution in [2.24, 2.45) is 0 Å². The van der Waals surface area contributed by atoms with Crippen molar-refractivity contribution in [3.05, 3.63) is 71.3 Å². The first kappa shape index (κ1) is 39.8. The lowest BCUT2D eigenvalue weighted by molar-refractivity contribution is -0.119. The van der Waals surface area contributed by atoms with E-state index in [1.807, 2.05) is 45.9 Å². The van der Waals surface area contributed by atoms with Crippen molar-refractivity contribution in [2.75, 3.05) is 19.8 Å². The Morgan fingerprint density at radius 1 is 0.630 bits per heavy atom. The second-order valence-corrected chi connectivity index (χ2v) is 10.7. The summed E-state index contributed by atoms with van der Waals surface area (Å²) in [7, 11) is 0. The molecule has 0 amide bonds. The molecule has 254 valence electrons. The van der Waals surface area contributed by atoms with Crippen molar-refractivity contribution in [1.29, 1.82) is 0 Å². The molecule has 4 N–H and O–H groups in total. The molecule has 0 radical (unpaired) electrons. The number of hydrogen-bond donors (Lipinski definition) is 4. The number of aryl methyl sites for hydroxylation is 3. The highest BCUT2D eigenvalue weighted by molar-refractivity contribution is 5.78. The molecular weight excluding hydrogens is 588 g/mol. The molecule has 0 aromatic heterocycles. The number of phenols is 3. The monoisotopic (exact) mass is 640 g/mol. The van der Waals surface area contributed by atoms with E-state index in [9.17, 15) is 24.9 Å². The molecule has 0 aliphatic carbocycles. The van der Waals surface area contributed by atoms with Crippen molar-refractivity contribution < 1.29 is 44.2 Å². The summed E-state index contributed by atoms with van der Waals surface area (Å²) in [6, 6.07) is 15.7. The van der Waals surface area contributed by atoms with E-state index < -0.39 is 0 Å². The standard InChI is InChI=1S/C13H18O3.C12H18O3.C12H16O3/c1-3-11(14)7-5-10-6-8-12(15)13(9-10)16-4-2;2*1-3-15-12-8-10(5-4-9(2)13)6-7-11(12)14/h6,8-9,15H,3-5,7H2,1-2H3;6-9,13-14H,3-5H2,1-2H3;6-8,14H,3-5H2,1-2H3. The zero-order valence-electron chi connectivity index (χ0n) is 28.2. The third-order valence-corrected chi connectivity index (χ3v) is 6.68. The fraction of sp³-hybridized carbons (Fsp3) is 0.459. The summed E-state index contributed by atoms with van der Waals surface area (Å²) in [4.78, 5) is 22.0. The summed E-state index contributed by atoms with van der Waals surface area (Å²) in [6.07, 6.45) is 4.26. The number of rotatable bonds is 16. The first-order valence-corrected chi connectivity index (χ1v) is 16.0. The number of aromatic hydroxyl groups is 3. The fourth-order valence-electron chi connectivity index (χ4n) is 4.11. The molecule has 0 fully saturated rings. The Kier molecular flexibility index (Phi) is 19.3. The van der Waals surface area contributed by atoms with Gasteiger partial charge in [-0.3, -0.25) is 4.79 Å². The second-order valence-electron chi connectivity index (χ2n) is 10.7. The van der Waals surface area contributed by atoms with Crippen LogP contribution in [0.1, 0.15) is 83.9 Å². The van der Waals surface area contributed by atoms with Crippen LogP contribution >= 0.6 is 0 Å². The van der Waals surface area contributed by atoms with Gasteiger partial charge < -0.3 is 39.4 Å². The molecule has 9 heteroatoms. The number of carbonyl (C=O) groups excluding carboxylic acids is 2. The summed E-state index contributed by atoms with van der Waals surface area (Å²) in [6.45, 7) is 12.4. The zero-order chi connectivity index (χ0) is 34.5. The van der Waals surface area contributed by atoms with Gasteiger partial charge in [0.25, 0.3) is 0 Å². The number of aliphatic hydroxyl groups is 1. The maximum atomic E-state index is 11.2. The minimum absolute atomic E-state index is 0.142. The molecule has 3 rings (SSSR count). The molecule has 0 aliphatic rings. The van der Waals surface area contributed by atoms with Gasteiger partial charge in [0, 0.05) is 19.3 Å². The number of hydrogen-bond acceptors (Lipinski definition) is 9. The predicted octanol–water partition coefficient (Wildman–Crippen LogP) is 7.12. The zero-order valence-corrected chi connectivity index (χ0v) is 28.2. The summed E-state index contributed by atoms with van der Waals surface area (Å²) in [5.74, 6) is 2.36. The average molecular weight is 641 g/mol. The van der Waals surface area contributed by atoms with Crippen LogP contribution in [0.4, 0.5) is 0 Å². The number of benzene rings is 3. The SMILES string of the molecule is CCOc1cc(CCC(=O)CC)ccc1O.CCOc1cc(CCC(C)=O)ccc1O.CCOc1cc(CCC(C)O)ccc1O. The maximum Gasteiger partial charge on any atom is 0.161 e. The smallest absolute Gasteiger partial charge is 0.161 e. The number of carbonyl (C=O) groups is 2. The Bertz CT molecular complexity index is 1330. The number of Topliss-reactive ketones (excluding diaryl/α,β-unsaturated/α-hetero) is 2. The summed E-state index contributed by atoms with van der Waals surface area (Å²) in [5.41, 5.74) is 3.09. The lowest BCUT2D eigenvalue weighted by atomic mass is 10.1. The van der Waals surface area contributed by atoms with E-state index >= 15 is 0 Å². The first-order valence-electron chi connectivity index (χ1n) is 16.0. The molecule has 3 aromatic rings. The molecule has 1 atom stereocenters. The van der Waals surface area contributed by atoms with Gasteiger partial charge in [-0.05, 0) is 113 Å². The van der Waals surface area contributed by atoms with E-state index in [2.05, 4.69) is 0 Å². The van der Waals surface area contributed by atoms with Crippen molar-refractivity contribution in [1.82, 2.24) is 0 Å². The van der Waals surface area contributed by atoms with E-state index in [0.29, 0.717) is 69.2 Å². The van der Waals surface area contributed by atoms with Crippen LogP contribution in [0.15, 0.2) is 54.6 Å². The third-order valence-electron chi connectivity index (χ3n) is 6.68. The molecule has 46 heavy (non-hydrogen) atoms. The quantitative estimate of drug-likeness (QED) is 0.129. The van der Waals surface area contributed by atoms with Crippen LogP contribution in [0.5, 0.6) is 34.5 Å². The van der Waals surface area contributed by atoms with Gasteiger partial charge in [-0.25, -0.2) is 0 Å². The normalized spacial score (nSPS) is 10.8. The Hall–Kier alpha value is -4.24. The fourth-order valence-corrected chi connectivity index (χ4v) is 4.11. The van der Waals surface area contributed by atoms with Gasteiger partial charge in [-0.15, -0.1) is 0 Å². The lowest BCUT2D eigenvalue weighted by Gasteiger charge is -2.09. The highest BCUT2D eigenvalue weighted by atomic mass is 16.5. The van der Waals surface area contributed by atoms with Gasteiger partial charge in [0.2, 0.25) is 0 Å². The Labute approximate surface area is 273 Å². The Morgan fingerprint density at radius 2 is 1.00 bits per heavy atom. The second kappa shape index (κ2) is 22.3. The summed E-state index contributed by atoms with van der Waals surface area (Å²) in [5, 5.41) is 37.6. The van der Waals surface area contributed by atoms with Gasteiger partial charge in [0.1, 0.15) is 11.6 Å². The van der Waals surface area contributed by atoms with E-state index in [-0.39, 0.29) is 34.9 Å². The maximum absolute atomic E-state index is 11.2. The molecule has 0 aliphatic heterocycles. The largest absolute Gasteiger partial charge is 0.504 e. The van der Waals surface area contributed by atoms with E-state index in [1.165, 1.54) is 0 Å². The van der Waals surface area contributed by atoms with Crippen LogP contribution in [0.3, 0.4) is 0 Å². The lowest BCUT2D eigenvalue weighted by Crippen LogP contribution is -2.01. The minimum atomic E-state index is -0.297. The summed E-state index contributed by atoms with van der Waals surface area (Å²) < 4.78 is 15.8. The molecule has 0 bridgehead atoms. The van der Waals surface area contributed by atoms with Gasteiger partial charge in [0.05, 0.1) is 25.9 Å². The number of ketones is 2. The first-order chi connectivity index (χ1) is 21.9. The Balaban J connectivity index is 0.000000345. The van der Waals surface area contributed by atoms with Crippen molar-refractivity contribution in [3.63, 3.8) is 0 Å². The van der Waals surface area contributed by atoms with E-state index in [4.69, 9.17) is 19.3 Å². The van der Waals surface area contributed by atoms with Crippen LogP contribution in [0.25, 0.3) is 0 Å². The highest BCUT2D eigenvalue weighted by Gasteiger charge is 2.07. The molecule has 3 aromatic carbocycles. The molecule has 9 nitrogen and oxygen atoms in total. The van der Waals surface area contributed by atoms with Gasteiger partial charge in [0.15, 0.2) is 34.5 Å². The number of aliphatic hydroxyl groups excluding tert-OH is 1. The van der Waals surface area contributed by atoms with Gasteiger partial charge in [-0.1, -0.05) is 25.1 Å². The summed E-state index contributed by atoms with van der Waals surface area (Å²) >= 11 is 0. The van der Waals surface area contributed by atoms with Crippen LogP contribution in [-0.2, 0) is 28.9 Å². The minimum Gasteiger partial charge on any atom is -0.504 e. The molecule has 1 unspecified atom stereocenters. The number of phenolic OH excluding ortho intramolecular Hbond substituents is 3. The highest BCUT2D eigenvalue weighted by Crippen LogP contribution is 2.29. The molecule has 0 spiro atoms. The average Bonchev–Trinajstić information content (AvgIpc) is 3.03. The van der Waals surface area contributed by atoms with E-state index in [0.717, 1.165) is 29.5 Å². The Morgan fingerprint density at radius 3 is 1.33 bits per heavy atom. The van der Waals surface area contributed by atoms with Crippen LogP contribution < -0.4 is 14.2 Å². The predicted molar refractivity (Wildman–Crippen MR) is 180 cm³/mol. The molecule has 0 saturated heterocycles. The third kappa shape index (κ3) is 16.2. The van der Waals surface area contributed by atoms with Gasteiger partial charge >= 0.3 is 0 Å². The van der Waals surface area contributed by atoms with Crippen LogP contribution in [0, 0.1) is 0 Å². The van der Waals surface area contributed by atoms with Crippen molar-refractivity contribution in [2.45, 2.75) is 92.6 Å². The van der Waals surface area contributed by atoms with Crippen molar-refractivity contribution >= 4 is 11.6 Å². The van der Waals surface area contributed by atoms with Crippen LogP contribution in [-0.4, -0.2) is 57.9 Å². The number of ether oxygens (including phenoxy) is 3. The van der Waals surface area contributed by atoms with Gasteiger partial charge in [-0.2, -0.15) is 0 Å². The van der Waals surface area contributed by atoms with Crippen LogP contribution in [0.2, 0.25) is 0 Å². The molecular formula is C37H52O9. The molecule has 0 heterocycles. The van der Waals surface area contributed by atoms with Crippen molar-refractivity contribution in [3.8, 4) is 34.5 Å². The topological polar surface area (TPSA) is 143 Å².